The number of rotatable bonds is 4. The summed E-state index contributed by atoms with van der Waals surface area (Å²) in [7, 11) is 1.82. The summed E-state index contributed by atoms with van der Waals surface area (Å²) >= 11 is 0. The molecule has 2 aromatic rings. The van der Waals surface area contributed by atoms with Crippen LogP contribution < -0.4 is 19.5 Å². The van der Waals surface area contributed by atoms with Crippen molar-refractivity contribution >= 4 is 0 Å². The Kier molecular flexibility index (Phi) is 3.66. The molecule has 3 rings (SSSR count). The number of halogens is 1. The largest absolute Gasteiger partial charge is 0.454 e. The highest BCUT2D eigenvalue weighted by Crippen LogP contribution is 2.38. The molecule has 4 nitrogen and oxygen atoms in total. The first-order valence-corrected chi connectivity index (χ1v) is 6.72. The van der Waals surface area contributed by atoms with Gasteiger partial charge in [0, 0.05) is 17.7 Å². The first-order chi connectivity index (χ1) is 10.2. The van der Waals surface area contributed by atoms with E-state index in [4.69, 9.17) is 14.2 Å². The van der Waals surface area contributed by atoms with Crippen molar-refractivity contribution in [1.29, 1.82) is 0 Å². The first-order valence-electron chi connectivity index (χ1n) is 6.72. The zero-order valence-electron chi connectivity index (χ0n) is 11.9. The molecule has 0 fully saturated rings. The van der Waals surface area contributed by atoms with E-state index < -0.39 is 5.82 Å². The van der Waals surface area contributed by atoms with Gasteiger partial charge in [0.15, 0.2) is 23.1 Å². The number of hydrogen-bond donors (Lipinski definition) is 1. The predicted octanol–water partition coefficient (Wildman–Crippen LogP) is 3.63. The Morgan fingerprint density at radius 2 is 2.00 bits per heavy atom. The SMILES string of the molecule is CNC(C)c1cccc(F)c1Oc1ccc2c(c1)OCO2. The Hall–Kier alpha value is -2.27. The van der Waals surface area contributed by atoms with E-state index in [1.165, 1.54) is 6.07 Å². The zero-order valence-corrected chi connectivity index (χ0v) is 11.9. The van der Waals surface area contributed by atoms with Gasteiger partial charge in [0.1, 0.15) is 5.75 Å². The Balaban J connectivity index is 1.94. The molecule has 1 aliphatic rings. The molecule has 1 aliphatic heterocycles. The van der Waals surface area contributed by atoms with Gasteiger partial charge >= 0.3 is 0 Å². The lowest BCUT2D eigenvalue weighted by Crippen LogP contribution is -2.13. The average molecular weight is 289 g/mol. The molecule has 1 N–H and O–H groups in total. The fourth-order valence-electron chi connectivity index (χ4n) is 2.19. The minimum absolute atomic E-state index is 0.0234. The van der Waals surface area contributed by atoms with Crippen molar-refractivity contribution in [3.8, 4) is 23.0 Å². The maximum absolute atomic E-state index is 14.1. The van der Waals surface area contributed by atoms with Gasteiger partial charge in [-0.05, 0) is 32.2 Å². The number of ether oxygens (including phenoxy) is 3. The van der Waals surface area contributed by atoms with Gasteiger partial charge in [-0.3, -0.25) is 0 Å². The van der Waals surface area contributed by atoms with E-state index in [1.807, 2.05) is 20.0 Å². The van der Waals surface area contributed by atoms with Crippen LogP contribution in [0.3, 0.4) is 0 Å². The molecule has 0 radical (unpaired) electrons. The molecule has 0 amide bonds. The van der Waals surface area contributed by atoms with Crippen LogP contribution in [-0.4, -0.2) is 13.8 Å². The third-order valence-electron chi connectivity index (χ3n) is 3.46. The molecule has 0 spiro atoms. The molecule has 2 aromatic carbocycles. The quantitative estimate of drug-likeness (QED) is 0.933. The average Bonchev–Trinajstić information content (AvgIpc) is 2.96. The summed E-state index contributed by atoms with van der Waals surface area (Å²) in [5.74, 6) is 1.60. The van der Waals surface area contributed by atoms with Crippen molar-refractivity contribution in [3.63, 3.8) is 0 Å². The van der Waals surface area contributed by atoms with Gasteiger partial charge in [0.25, 0.3) is 0 Å². The van der Waals surface area contributed by atoms with Crippen molar-refractivity contribution in [2.45, 2.75) is 13.0 Å². The normalized spacial score (nSPS) is 14.0. The third-order valence-corrected chi connectivity index (χ3v) is 3.46. The van der Waals surface area contributed by atoms with Crippen LogP contribution in [0.2, 0.25) is 0 Å². The van der Waals surface area contributed by atoms with Crippen LogP contribution in [0, 0.1) is 5.82 Å². The molecule has 0 saturated heterocycles. The molecule has 0 saturated carbocycles. The molecule has 21 heavy (non-hydrogen) atoms. The molecule has 1 atom stereocenters. The van der Waals surface area contributed by atoms with Gasteiger partial charge in [0.2, 0.25) is 6.79 Å². The summed E-state index contributed by atoms with van der Waals surface area (Å²) < 4.78 is 30.4. The van der Waals surface area contributed by atoms with Crippen molar-refractivity contribution in [2.24, 2.45) is 0 Å². The van der Waals surface area contributed by atoms with Crippen LogP contribution >= 0.6 is 0 Å². The molecule has 0 aliphatic carbocycles. The maximum atomic E-state index is 14.1. The first kappa shape index (κ1) is 13.7. The van der Waals surface area contributed by atoms with E-state index in [-0.39, 0.29) is 18.6 Å². The monoisotopic (exact) mass is 289 g/mol. The summed E-state index contributed by atoms with van der Waals surface area (Å²) in [5.41, 5.74) is 0.759. The van der Waals surface area contributed by atoms with Crippen LogP contribution in [-0.2, 0) is 0 Å². The minimum atomic E-state index is -0.396. The van der Waals surface area contributed by atoms with E-state index in [2.05, 4.69) is 5.32 Å². The highest BCUT2D eigenvalue weighted by molar-refractivity contribution is 5.49. The van der Waals surface area contributed by atoms with E-state index >= 15 is 0 Å². The summed E-state index contributed by atoms with van der Waals surface area (Å²) in [6.07, 6.45) is 0. The molecule has 110 valence electrons. The van der Waals surface area contributed by atoms with Crippen molar-refractivity contribution < 1.29 is 18.6 Å². The third kappa shape index (κ3) is 2.64. The second-order valence-corrected chi connectivity index (χ2v) is 4.79. The zero-order chi connectivity index (χ0) is 14.8. The Bertz CT molecular complexity index is 660. The minimum Gasteiger partial charge on any atom is -0.454 e. The summed E-state index contributed by atoms with van der Waals surface area (Å²) in [4.78, 5) is 0. The number of nitrogens with one attached hydrogen (secondary N) is 1. The van der Waals surface area contributed by atoms with Gasteiger partial charge in [-0.2, -0.15) is 0 Å². The molecule has 0 bridgehead atoms. The van der Waals surface area contributed by atoms with Crippen LogP contribution in [0.5, 0.6) is 23.0 Å². The summed E-state index contributed by atoms with van der Waals surface area (Å²) in [5, 5.41) is 3.08. The summed E-state index contributed by atoms with van der Waals surface area (Å²) in [6, 6.07) is 10.0. The number of fused-ring (bicyclic) bond motifs is 1. The maximum Gasteiger partial charge on any atom is 0.231 e. The van der Waals surface area contributed by atoms with Crippen LogP contribution in [0.25, 0.3) is 0 Å². The highest BCUT2D eigenvalue weighted by Gasteiger charge is 2.18. The lowest BCUT2D eigenvalue weighted by molar-refractivity contribution is 0.174. The van der Waals surface area contributed by atoms with Crippen LogP contribution in [0.4, 0.5) is 4.39 Å². The van der Waals surface area contributed by atoms with Gasteiger partial charge in [-0.15, -0.1) is 0 Å². The highest BCUT2D eigenvalue weighted by atomic mass is 19.1. The predicted molar refractivity (Wildman–Crippen MR) is 76.5 cm³/mol. The number of benzene rings is 2. The van der Waals surface area contributed by atoms with Gasteiger partial charge in [-0.25, -0.2) is 4.39 Å². The van der Waals surface area contributed by atoms with Crippen molar-refractivity contribution in [2.75, 3.05) is 13.8 Å². The second kappa shape index (κ2) is 5.61. The fraction of sp³-hybridized carbons (Fsp3) is 0.250. The second-order valence-electron chi connectivity index (χ2n) is 4.79. The van der Waals surface area contributed by atoms with Crippen molar-refractivity contribution in [3.05, 3.63) is 47.8 Å². The smallest absolute Gasteiger partial charge is 0.231 e. The van der Waals surface area contributed by atoms with Crippen LogP contribution in [0.1, 0.15) is 18.5 Å². The molecule has 1 unspecified atom stereocenters. The topological polar surface area (TPSA) is 39.7 Å². The summed E-state index contributed by atoms with van der Waals surface area (Å²) in [6.45, 7) is 2.14. The van der Waals surface area contributed by atoms with E-state index in [1.54, 1.807) is 24.3 Å². The lowest BCUT2D eigenvalue weighted by Gasteiger charge is -2.17. The van der Waals surface area contributed by atoms with Gasteiger partial charge in [0.05, 0.1) is 0 Å². The standard InChI is InChI=1S/C16H16FNO3/c1-10(18-2)12-4-3-5-13(17)16(12)21-11-6-7-14-15(8-11)20-9-19-14/h3-8,10,18H,9H2,1-2H3. The molecule has 0 aromatic heterocycles. The van der Waals surface area contributed by atoms with E-state index in [0.717, 1.165) is 5.56 Å². The van der Waals surface area contributed by atoms with Gasteiger partial charge < -0.3 is 19.5 Å². The Morgan fingerprint density at radius 1 is 1.19 bits per heavy atom. The lowest BCUT2D eigenvalue weighted by atomic mass is 10.1. The number of hydrogen-bond acceptors (Lipinski definition) is 4. The number of para-hydroxylation sites is 1. The molecular formula is C16H16FNO3. The van der Waals surface area contributed by atoms with E-state index in [9.17, 15) is 4.39 Å². The van der Waals surface area contributed by atoms with E-state index in [0.29, 0.717) is 17.2 Å². The Labute approximate surface area is 122 Å². The van der Waals surface area contributed by atoms with Crippen molar-refractivity contribution in [1.82, 2.24) is 5.32 Å². The van der Waals surface area contributed by atoms with Crippen LogP contribution in [0.15, 0.2) is 36.4 Å². The molecule has 1 heterocycles. The van der Waals surface area contributed by atoms with Gasteiger partial charge in [-0.1, -0.05) is 12.1 Å². The molecular weight excluding hydrogens is 273 g/mol. The molecule has 5 heteroatoms. The fourth-order valence-corrected chi connectivity index (χ4v) is 2.19. The Morgan fingerprint density at radius 3 is 2.81 bits per heavy atom.